The minimum absolute atomic E-state index is 0.00530. The van der Waals surface area contributed by atoms with Crippen molar-refractivity contribution < 1.29 is 24.1 Å². The van der Waals surface area contributed by atoms with Gasteiger partial charge in [-0.1, -0.05) is 12.1 Å². The Morgan fingerprint density at radius 1 is 1.04 bits per heavy atom. The maximum Gasteiger partial charge on any atom is 0.185 e. The average Bonchev–Trinajstić information content (AvgIpc) is 2.61. The van der Waals surface area contributed by atoms with E-state index in [1.54, 1.807) is 31.4 Å². The van der Waals surface area contributed by atoms with Crippen molar-refractivity contribution in [2.75, 3.05) is 20.8 Å². The lowest BCUT2D eigenvalue weighted by Gasteiger charge is -2.09. The number of hydrogen-bond acceptors (Lipinski definition) is 5. The van der Waals surface area contributed by atoms with Crippen molar-refractivity contribution >= 4 is 11.9 Å². The summed E-state index contributed by atoms with van der Waals surface area (Å²) in [7, 11) is 3.00. The number of phenols is 1. The van der Waals surface area contributed by atoms with E-state index in [1.807, 2.05) is 13.0 Å². The zero-order valence-corrected chi connectivity index (χ0v) is 13.9. The van der Waals surface area contributed by atoms with Gasteiger partial charge in [-0.15, -0.1) is 0 Å². The molecule has 126 valence electrons. The van der Waals surface area contributed by atoms with E-state index in [4.69, 9.17) is 14.2 Å². The maximum absolute atomic E-state index is 12.2. The number of allylic oxidation sites excluding steroid dienone is 1. The second-order valence-electron chi connectivity index (χ2n) is 4.93. The van der Waals surface area contributed by atoms with Crippen LogP contribution < -0.4 is 14.2 Å². The first kappa shape index (κ1) is 17.4. The highest BCUT2D eigenvalue weighted by molar-refractivity contribution is 6.07. The Morgan fingerprint density at radius 2 is 1.79 bits per heavy atom. The number of carbonyl (C=O) groups excluding carboxylic acids is 1. The van der Waals surface area contributed by atoms with Gasteiger partial charge >= 0.3 is 0 Å². The summed E-state index contributed by atoms with van der Waals surface area (Å²) in [5.74, 6) is 1.33. The Kier molecular flexibility index (Phi) is 5.84. The van der Waals surface area contributed by atoms with Crippen molar-refractivity contribution in [3.8, 4) is 23.0 Å². The van der Waals surface area contributed by atoms with E-state index in [9.17, 15) is 9.90 Å². The molecular weight excluding hydrogens is 308 g/mol. The van der Waals surface area contributed by atoms with Gasteiger partial charge in [-0.3, -0.25) is 4.79 Å². The molecule has 0 aliphatic carbocycles. The number of methoxy groups -OCH3 is 2. The fraction of sp³-hybridized carbons (Fsp3) is 0.211. The van der Waals surface area contributed by atoms with Crippen LogP contribution in [0.5, 0.6) is 23.0 Å². The molecule has 2 rings (SSSR count). The SMILES string of the molecule is CCOc1ccc(/C=C/C(=O)c2ccc(O)c(OC)c2)cc1OC. The lowest BCUT2D eigenvalue weighted by molar-refractivity contribution is 0.104. The van der Waals surface area contributed by atoms with Crippen molar-refractivity contribution in [1.29, 1.82) is 0 Å². The quantitative estimate of drug-likeness (QED) is 0.620. The van der Waals surface area contributed by atoms with Crippen LogP contribution in [-0.4, -0.2) is 31.7 Å². The number of hydrogen-bond donors (Lipinski definition) is 1. The van der Waals surface area contributed by atoms with Crippen molar-refractivity contribution in [2.24, 2.45) is 0 Å². The topological polar surface area (TPSA) is 65.0 Å². The molecule has 0 unspecified atom stereocenters. The summed E-state index contributed by atoms with van der Waals surface area (Å²) in [6.07, 6.45) is 3.15. The molecule has 0 saturated heterocycles. The second-order valence-corrected chi connectivity index (χ2v) is 4.93. The van der Waals surface area contributed by atoms with E-state index in [-0.39, 0.29) is 17.3 Å². The Hall–Kier alpha value is -2.95. The number of ketones is 1. The van der Waals surface area contributed by atoms with E-state index in [2.05, 4.69) is 0 Å². The van der Waals surface area contributed by atoms with E-state index in [1.165, 1.54) is 25.3 Å². The van der Waals surface area contributed by atoms with Crippen LogP contribution in [-0.2, 0) is 0 Å². The van der Waals surface area contributed by atoms with Crippen LogP contribution in [0.2, 0.25) is 0 Å². The van der Waals surface area contributed by atoms with Crippen molar-refractivity contribution in [1.82, 2.24) is 0 Å². The molecule has 0 aliphatic rings. The van der Waals surface area contributed by atoms with Gasteiger partial charge in [-0.05, 0) is 48.9 Å². The van der Waals surface area contributed by atoms with Gasteiger partial charge in [0.05, 0.1) is 20.8 Å². The van der Waals surface area contributed by atoms with Crippen LogP contribution in [0.15, 0.2) is 42.5 Å². The minimum atomic E-state index is -0.193. The highest BCUT2D eigenvalue weighted by Gasteiger charge is 2.08. The summed E-state index contributed by atoms with van der Waals surface area (Å²) in [4.78, 5) is 12.2. The fourth-order valence-corrected chi connectivity index (χ4v) is 2.16. The highest BCUT2D eigenvalue weighted by Crippen LogP contribution is 2.29. The molecule has 0 fully saturated rings. The molecule has 0 amide bonds. The molecule has 1 N–H and O–H groups in total. The van der Waals surface area contributed by atoms with Crippen LogP contribution in [0.3, 0.4) is 0 Å². The molecule has 2 aromatic carbocycles. The fourth-order valence-electron chi connectivity index (χ4n) is 2.16. The first-order valence-electron chi connectivity index (χ1n) is 7.49. The summed E-state index contributed by atoms with van der Waals surface area (Å²) in [5, 5.41) is 9.57. The predicted molar refractivity (Wildman–Crippen MR) is 92.2 cm³/mol. The maximum atomic E-state index is 12.2. The summed E-state index contributed by atoms with van der Waals surface area (Å²) in [6.45, 7) is 2.45. The van der Waals surface area contributed by atoms with Gasteiger partial charge in [0.1, 0.15) is 0 Å². The minimum Gasteiger partial charge on any atom is -0.504 e. The first-order valence-corrected chi connectivity index (χ1v) is 7.49. The van der Waals surface area contributed by atoms with Gasteiger partial charge in [0.15, 0.2) is 28.8 Å². The molecule has 2 aromatic rings. The average molecular weight is 328 g/mol. The molecule has 0 aromatic heterocycles. The number of carbonyl (C=O) groups is 1. The normalized spacial score (nSPS) is 10.6. The van der Waals surface area contributed by atoms with E-state index in [0.29, 0.717) is 23.7 Å². The number of rotatable bonds is 7. The highest BCUT2D eigenvalue weighted by atomic mass is 16.5. The Morgan fingerprint density at radius 3 is 2.46 bits per heavy atom. The van der Waals surface area contributed by atoms with Gasteiger partial charge in [0.2, 0.25) is 0 Å². The van der Waals surface area contributed by atoms with Crippen molar-refractivity contribution in [3.05, 3.63) is 53.6 Å². The zero-order chi connectivity index (χ0) is 17.5. The van der Waals surface area contributed by atoms with Crippen LogP contribution in [0, 0.1) is 0 Å². The Balaban J connectivity index is 2.19. The monoisotopic (exact) mass is 328 g/mol. The van der Waals surface area contributed by atoms with E-state index in [0.717, 1.165) is 5.56 Å². The van der Waals surface area contributed by atoms with Crippen LogP contribution >= 0.6 is 0 Å². The number of ether oxygens (including phenoxy) is 3. The van der Waals surface area contributed by atoms with Gasteiger partial charge in [0, 0.05) is 5.56 Å². The van der Waals surface area contributed by atoms with Gasteiger partial charge in [-0.25, -0.2) is 0 Å². The van der Waals surface area contributed by atoms with Crippen LogP contribution in [0.25, 0.3) is 6.08 Å². The second kappa shape index (κ2) is 8.06. The number of aromatic hydroxyl groups is 1. The first-order chi connectivity index (χ1) is 11.6. The van der Waals surface area contributed by atoms with Gasteiger partial charge in [-0.2, -0.15) is 0 Å². The molecule has 0 bridgehead atoms. The molecule has 24 heavy (non-hydrogen) atoms. The molecule has 0 radical (unpaired) electrons. The Bertz CT molecular complexity index is 749. The molecule has 0 spiro atoms. The standard InChI is InChI=1S/C19H20O5/c1-4-24-17-10-6-13(11-19(17)23-3)5-8-15(20)14-7-9-16(21)18(12-14)22-2/h5-12,21H,4H2,1-3H3/b8-5+. The van der Waals surface area contributed by atoms with Crippen molar-refractivity contribution in [3.63, 3.8) is 0 Å². The van der Waals surface area contributed by atoms with Crippen molar-refractivity contribution in [2.45, 2.75) is 6.92 Å². The molecule has 5 heteroatoms. The molecule has 0 atom stereocenters. The summed E-state index contributed by atoms with van der Waals surface area (Å²) < 4.78 is 15.8. The zero-order valence-electron chi connectivity index (χ0n) is 13.9. The lowest BCUT2D eigenvalue weighted by Crippen LogP contribution is -1.96. The van der Waals surface area contributed by atoms with Crippen LogP contribution in [0.4, 0.5) is 0 Å². The molecule has 5 nitrogen and oxygen atoms in total. The third kappa shape index (κ3) is 4.07. The summed E-state index contributed by atoms with van der Waals surface area (Å²) >= 11 is 0. The number of benzene rings is 2. The molecule has 0 aliphatic heterocycles. The molecule has 0 saturated carbocycles. The van der Waals surface area contributed by atoms with Gasteiger partial charge < -0.3 is 19.3 Å². The summed E-state index contributed by atoms with van der Waals surface area (Å²) in [5.41, 5.74) is 1.24. The lowest BCUT2D eigenvalue weighted by atomic mass is 10.1. The van der Waals surface area contributed by atoms with E-state index < -0.39 is 0 Å². The molecule has 0 heterocycles. The third-order valence-electron chi connectivity index (χ3n) is 3.38. The third-order valence-corrected chi connectivity index (χ3v) is 3.38. The van der Waals surface area contributed by atoms with E-state index >= 15 is 0 Å². The smallest absolute Gasteiger partial charge is 0.185 e. The largest absolute Gasteiger partial charge is 0.504 e. The van der Waals surface area contributed by atoms with Gasteiger partial charge in [0.25, 0.3) is 0 Å². The predicted octanol–water partition coefficient (Wildman–Crippen LogP) is 3.70. The number of phenolic OH excluding ortho intramolecular Hbond substituents is 1. The summed E-state index contributed by atoms with van der Waals surface area (Å²) in [6, 6.07) is 9.92. The molecular formula is C19H20O5. The Labute approximate surface area is 141 Å². The van der Waals surface area contributed by atoms with Crippen LogP contribution in [0.1, 0.15) is 22.8 Å².